The van der Waals surface area contributed by atoms with Crippen molar-refractivity contribution in [3.05, 3.63) is 53.3 Å². The lowest BCUT2D eigenvalue weighted by molar-refractivity contribution is 0.0939. The van der Waals surface area contributed by atoms with Gasteiger partial charge >= 0.3 is 0 Å². The Morgan fingerprint density at radius 2 is 1.72 bits per heavy atom. The number of phenols is 2. The van der Waals surface area contributed by atoms with E-state index in [0.29, 0.717) is 23.5 Å². The molecular formula is C30H42N6O3. The second-order valence-corrected chi connectivity index (χ2v) is 10.6. The summed E-state index contributed by atoms with van der Waals surface area (Å²) in [7, 11) is 0. The Bertz CT molecular complexity index is 1240. The topological polar surface area (TPSA) is 107 Å². The van der Waals surface area contributed by atoms with Crippen LogP contribution in [-0.2, 0) is 6.54 Å². The first kappa shape index (κ1) is 28.6. The number of likely N-dealkylation sites (tertiary alicyclic amines) is 1. The van der Waals surface area contributed by atoms with Gasteiger partial charge in [-0.2, -0.15) is 0 Å². The summed E-state index contributed by atoms with van der Waals surface area (Å²) in [4.78, 5) is 18.1. The highest BCUT2D eigenvalue weighted by molar-refractivity contribution is 5.92. The van der Waals surface area contributed by atoms with Gasteiger partial charge in [-0.1, -0.05) is 39.8 Å². The van der Waals surface area contributed by atoms with Crippen LogP contribution in [0.2, 0.25) is 0 Å². The van der Waals surface area contributed by atoms with E-state index < -0.39 is 0 Å². The molecule has 0 bridgehead atoms. The Morgan fingerprint density at radius 3 is 2.36 bits per heavy atom. The van der Waals surface area contributed by atoms with Gasteiger partial charge in [-0.3, -0.25) is 14.3 Å². The maximum absolute atomic E-state index is 13.3. The number of nitrogens with zero attached hydrogens (tertiary/aromatic N) is 5. The monoisotopic (exact) mass is 534 g/mol. The number of aromatic nitrogens is 3. The average molecular weight is 535 g/mol. The van der Waals surface area contributed by atoms with Gasteiger partial charge in [0.1, 0.15) is 11.5 Å². The van der Waals surface area contributed by atoms with Crippen LogP contribution >= 0.6 is 0 Å². The third-order valence-corrected chi connectivity index (χ3v) is 7.50. The van der Waals surface area contributed by atoms with Crippen molar-refractivity contribution >= 4 is 5.91 Å². The Hall–Kier alpha value is -3.43. The first-order valence-electron chi connectivity index (χ1n) is 14.2. The molecule has 0 radical (unpaired) electrons. The molecule has 39 heavy (non-hydrogen) atoms. The number of hydrogen-bond donors (Lipinski definition) is 3. The third-order valence-electron chi connectivity index (χ3n) is 7.50. The van der Waals surface area contributed by atoms with Gasteiger partial charge in [0.05, 0.1) is 5.56 Å². The van der Waals surface area contributed by atoms with E-state index in [1.165, 1.54) is 24.5 Å². The molecule has 4 rings (SSSR count). The lowest BCUT2D eigenvalue weighted by Crippen LogP contribution is -2.30. The molecule has 1 saturated heterocycles. The van der Waals surface area contributed by atoms with Gasteiger partial charge in [-0.15, -0.1) is 10.2 Å². The molecule has 1 amide bonds. The van der Waals surface area contributed by atoms with Crippen molar-refractivity contribution < 1.29 is 15.0 Å². The van der Waals surface area contributed by atoms with Gasteiger partial charge in [0, 0.05) is 24.8 Å². The molecule has 2 aromatic carbocycles. The molecule has 0 unspecified atom stereocenters. The minimum absolute atomic E-state index is 0.0223. The normalized spacial score (nSPS) is 14.0. The van der Waals surface area contributed by atoms with Crippen molar-refractivity contribution in [3.8, 4) is 28.6 Å². The smallest absolute Gasteiger partial charge is 0.289 e. The number of amides is 1. The quantitative estimate of drug-likeness (QED) is 0.293. The Balaban J connectivity index is 1.66. The van der Waals surface area contributed by atoms with Crippen LogP contribution in [-0.4, -0.2) is 80.0 Å². The first-order valence-corrected chi connectivity index (χ1v) is 14.2. The maximum atomic E-state index is 13.3. The summed E-state index contributed by atoms with van der Waals surface area (Å²) in [5.41, 5.74) is 2.97. The lowest BCUT2D eigenvalue weighted by Gasteiger charge is -2.18. The van der Waals surface area contributed by atoms with Crippen LogP contribution < -0.4 is 5.32 Å². The van der Waals surface area contributed by atoms with Crippen molar-refractivity contribution in [1.82, 2.24) is 29.9 Å². The van der Waals surface area contributed by atoms with E-state index in [1.807, 2.05) is 38.1 Å². The van der Waals surface area contributed by atoms with Crippen LogP contribution in [0.4, 0.5) is 0 Å². The number of benzene rings is 2. The summed E-state index contributed by atoms with van der Waals surface area (Å²) < 4.78 is 1.69. The highest BCUT2D eigenvalue weighted by Gasteiger charge is 2.24. The van der Waals surface area contributed by atoms with Crippen molar-refractivity contribution in [2.45, 2.75) is 59.4 Å². The van der Waals surface area contributed by atoms with Crippen LogP contribution in [0, 0.1) is 0 Å². The Labute approximate surface area is 231 Å². The molecule has 1 aliphatic rings. The fourth-order valence-corrected chi connectivity index (χ4v) is 5.13. The fraction of sp³-hybridized carbons (Fsp3) is 0.500. The fourth-order valence-electron chi connectivity index (χ4n) is 5.13. The minimum Gasteiger partial charge on any atom is -0.508 e. The maximum Gasteiger partial charge on any atom is 0.289 e. The van der Waals surface area contributed by atoms with Crippen molar-refractivity contribution in [2.24, 2.45) is 0 Å². The number of phenolic OH excluding ortho intramolecular Hbond substituents is 2. The molecule has 0 atom stereocenters. The first-order chi connectivity index (χ1) is 18.8. The summed E-state index contributed by atoms with van der Waals surface area (Å²) in [5, 5.41) is 32.8. The van der Waals surface area contributed by atoms with Gasteiger partial charge in [0.2, 0.25) is 5.82 Å². The summed E-state index contributed by atoms with van der Waals surface area (Å²) in [6.45, 7) is 14.8. The number of nitrogens with one attached hydrogen (secondary N) is 1. The highest BCUT2D eigenvalue weighted by Crippen LogP contribution is 2.38. The zero-order valence-electron chi connectivity index (χ0n) is 23.7. The van der Waals surface area contributed by atoms with Crippen molar-refractivity contribution in [3.63, 3.8) is 0 Å². The van der Waals surface area contributed by atoms with Gasteiger partial charge < -0.3 is 20.4 Å². The molecule has 1 aliphatic heterocycles. The predicted molar refractivity (Wildman–Crippen MR) is 153 cm³/mol. The molecule has 9 nitrogen and oxygen atoms in total. The number of carbonyl (C=O) groups is 1. The molecule has 0 aliphatic carbocycles. The molecular weight excluding hydrogens is 492 g/mol. The lowest BCUT2D eigenvalue weighted by atomic mass is 9.98. The molecule has 1 fully saturated rings. The Kier molecular flexibility index (Phi) is 9.59. The zero-order chi connectivity index (χ0) is 27.9. The standard InChI is InChI=1S/C30H42N6O3/c1-5-34(6-2)20-22-10-12-23(13-11-22)36-28(25-18-24(21(3)4)26(37)19-27(25)38)32-33-29(36)30(39)31-14-9-17-35-15-7-8-16-35/h10-13,18-19,21,37-38H,5-9,14-17,20H2,1-4H3,(H,31,39). The third kappa shape index (κ3) is 6.78. The van der Waals surface area contributed by atoms with Crippen molar-refractivity contribution in [1.29, 1.82) is 0 Å². The molecule has 3 N–H and O–H groups in total. The highest BCUT2D eigenvalue weighted by atomic mass is 16.3. The predicted octanol–water partition coefficient (Wildman–Crippen LogP) is 4.53. The molecule has 3 aromatic rings. The second kappa shape index (κ2) is 13.1. The largest absolute Gasteiger partial charge is 0.508 e. The SMILES string of the molecule is CCN(CC)Cc1ccc(-n2c(C(=O)NCCCN3CCCC3)nnc2-c2cc(C(C)C)c(O)cc2O)cc1. The summed E-state index contributed by atoms with van der Waals surface area (Å²) >= 11 is 0. The van der Waals surface area contributed by atoms with Crippen LogP contribution in [0.3, 0.4) is 0 Å². The van der Waals surface area contributed by atoms with Crippen LogP contribution in [0.15, 0.2) is 36.4 Å². The van der Waals surface area contributed by atoms with Gasteiger partial charge in [0.15, 0.2) is 5.82 Å². The average Bonchev–Trinajstić information content (AvgIpc) is 3.60. The second-order valence-electron chi connectivity index (χ2n) is 10.6. The van der Waals surface area contributed by atoms with E-state index in [0.717, 1.165) is 51.4 Å². The van der Waals surface area contributed by atoms with E-state index in [4.69, 9.17) is 0 Å². The Morgan fingerprint density at radius 1 is 1.03 bits per heavy atom. The van der Waals surface area contributed by atoms with Crippen molar-refractivity contribution in [2.75, 3.05) is 39.3 Å². The van der Waals surface area contributed by atoms with E-state index >= 15 is 0 Å². The number of aromatic hydroxyl groups is 2. The minimum atomic E-state index is -0.315. The molecule has 0 saturated carbocycles. The van der Waals surface area contributed by atoms with E-state index in [2.05, 4.69) is 39.2 Å². The van der Waals surface area contributed by atoms with E-state index in [1.54, 1.807) is 10.6 Å². The van der Waals surface area contributed by atoms with Crippen LogP contribution in [0.25, 0.3) is 17.1 Å². The van der Waals surface area contributed by atoms with Gasteiger partial charge in [0.25, 0.3) is 5.91 Å². The van der Waals surface area contributed by atoms with Gasteiger partial charge in [-0.05, 0) is 87.2 Å². The molecule has 0 spiro atoms. The van der Waals surface area contributed by atoms with Crippen LogP contribution in [0.1, 0.15) is 74.6 Å². The zero-order valence-corrected chi connectivity index (χ0v) is 23.7. The van der Waals surface area contributed by atoms with Crippen LogP contribution in [0.5, 0.6) is 11.5 Å². The summed E-state index contributed by atoms with van der Waals surface area (Å²) in [5.74, 6) is 0.105. The number of hydrogen-bond acceptors (Lipinski definition) is 7. The summed E-state index contributed by atoms with van der Waals surface area (Å²) in [6.07, 6.45) is 3.35. The molecule has 2 heterocycles. The van der Waals surface area contributed by atoms with E-state index in [9.17, 15) is 15.0 Å². The number of rotatable bonds is 12. The molecule has 9 heteroatoms. The molecule has 1 aromatic heterocycles. The van der Waals surface area contributed by atoms with Gasteiger partial charge in [-0.25, -0.2) is 0 Å². The molecule has 210 valence electrons. The van der Waals surface area contributed by atoms with E-state index in [-0.39, 0.29) is 29.1 Å². The summed E-state index contributed by atoms with van der Waals surface area (Å²) in [6, 6.07) is 11.1. The number of carbonyl (C=O) groups excluding carboxylic acids is 1.